The Balaban J connectivity index is 2.24. The number of hydrogen-bond acceptors (Lipinski definition) is 3. The molecule has 2 atom stereocenters. The summed E-state index contributed by atoms with van der Waals surface area (Å²) >= 11 is 5.63. The third-order valence-corrected chi connectivity index (χ3v) is 2.97. The first kappa shape index (κ1) is 13.8. The number of nitrogens with two attached hydrogens (primary N) is 1. The SMILES string of the molecule is CC(N)C(Oc1ccc(Cl)c(F)c1)c1ccncc1. The van der Waals surface area contributed by atoms with Crippen molar-refractivity contribution in [1.82, 2.24) is 4.98 Å². The number of nitrogens with zero attached hydrogens (tertiary/aromatic N) is 1. The van der Waals surface area contributed by atoms with E-state index in [1.54, 1.807) is 18.5 Å². The number of hydrogen-bond donors (Lipinski definition) is 1. The van der Waals surface area contributed by atoms with Crippen LogP contribution in [0.2, 0.25) is 5.02 Å². The summed E-state index contributed by atoms with van der Waals surface area (Å²) in [6, 6.07) is 7.71. The lowest BCUT2D eigenvalue weighted by atomic mass is 10.1. The Morgan fingerprint density at radius 2 is 1.95 bits per heavy atom. The molecule has 100 valence electrons. The standard InChI is InChI=1S/C14H14ClFN2O/c1-9(17)14(10-4-6-18-7-5-10)19-11-2-3-12(15)13(16)8-11/h2-9,14H,17H2,1H3. The van der Waals surface area contributed by atoms with Gasteiger partial charge in [0.2, 0.25) is 0 Å². The highest BCUT2D eigenvalue weighted by Gasteiger charge is 2.18. The summed E-state index contributed by atoms with van der Waals surface area (Å²) in [5.74, 6) is -0.127. The molecule has 0 radical (unpaired) electrons. The van der Waals surface area contributed by atoms with Crippen LogP contribution in [0.1, 0.15) is 18.6 Å². The minimum atomic E-state index is -0.516. The highest BCUT2D eigenvalue weighted by molar-refractivity contribution is 6.30. The molecular formula is C14H14ClFN2O. The van der Waals surface area contributed by atoms with Gasteiger partial charge in [-0.05, 0) is 36.8 Å². The van der Waals surface area contributed by atoms with E-state index < -0.39 is 5.82 Å². The van der Waals surface area contributed by atoms with Gasteiger partial charge in [-0.2, -0.15) is 0 Å². The molecule has 0 saturated heterocycles. The summed E-state index contributed by atoms with van der Waals surface area (Å²) in [4.78, 5) is 3.95. The molecule has 0 fully saturated rings. The maximum Gasteiger partial charge on any atom is 0.145 e. The number of ether oxygens (including phenoxy) is 1. The van der Waals surface area contributed by atoms with E-state index in [1.165, 1.54) is 12.1 Å². The maximum absolute atomic E-state index is 13.4. The first-order valence-corrected chi connectivity index (χ1v) is 6.23. The molecule has 0 aliphatic heterocycles. The molecular weight excluding hydrogens is 267 g/mol. The van der Waals surface area contributed by atoms with Crippen LogP contribution in [0.4, 0.5) is 4.39 Å². The second-order valence-corrected chi connectivity index (χ2v) is 4.66. The molecule has 3 nitrogen and oxygen atoms in total. The van der Waals surface area contributed by atoms with Gasteiger partial charge in [0.25, 0.3) is 0 Å². The van der Waals surface area contributed by atoms with Crippen LogP contribution in [-0.4, -0.2) is 11.0 Å². The summed E-state index contributed by atoms with van der Waals surface area (Å²) < 4.78 is 19.1. The summed E-state index contributed by atoms with van der Waals surface area (Å²) in [5.41, 5.74) is 6.81. The van der Waals surface area contributed by atoms with E-state index in [9.17, 15) is 4.39 Å². The molecule has 0 aliphatic carbocycles. The molecule has 2 unspecified atom stereocenters. The van der Waals surface area contributed by atoms with Crippen LogP contribution >= 0.6 is 11.6 Å². The minimum Gasteiger partial charge on any atom is -0.484 e. The van der Waals surface area contributed by atoms with Gasteiger partial charge in [-0.1, -0.05) is 11.6 Å². The Kier molecular flexibility index (Phi) is 4.35. The van der Waals surface area contributed by atoms with Gasteiger partial charge in [0.05, 0.1) is 5.02 Å². The van der Waals surface area contributed by atoms with E-state index in [4.69, 9.17) is 22.1 Å². The average molecular weight is 281 g/mol. The summed E-state index contributed by atoms with van der Waals surface area (Å²) in [6.07, 6.45) is 2.95. The fraction of sp³-hybridized carbons (Fsp3) is 0.214. The molecule has 2 aromatic rings. The zero-order chi connectivity index (χ0) is 13.8. The lowest BCUT2D eigenvalue weighted by molar-refractivity contribution is 0.179. The molecule has 1 aromatic heterocycles. The lowest BCUT2D eigenvalue weighted by Crippen LogP contribution is -2.29. The smallest absolute Gasteiger partial charge is 0.145 e. The Morgan fingerprint density at radius 1 is 1.26 bits per heavy atom. The van der Waals surface area contributed by atoms with Gasteiger partial charge in [0.1, 0.15) is 17.7 Å². The zero-order valence-electron chi connectivity index (χ0n) is 10.4. The summed E-state index contributed by atoms with van der Waals surface area (Å²) in [5, 5.41) is 0.0635. The predicted octanol–water partition coefficient (Wildman–Crippen LogP) is 3.34. The quantitative estimate of drug-likeness (QED) is 0.934. The van der Waals surface area contributed by atoms with E-state index in [0.717, 1.165) is 5.56 Å². The lowest BCUT2D eigenvalue weighted by Gasteiger charge is -2.22. The van der Waals surface area contributed by atoms with Crippen molar-refractivity contribution >= 4 is 11.6 Å². The van der Waals surface area contributed by atoms with Crippen molar-refractivity contribution in [2.24, 2.45) is 5.73 Å². The average Bonchev–Trinajstić information content (AvgIpc) is 2.40. The summed E-state index contributed by atoms with van der Waals surface area (Å²) in [7, 11) is 0. The molecule has 0 amide bonds. The molecule has 2 N–H and O–H groups in total. The van der Waals surface area contributed by atoms with E-state index >= 15 is 0 Å². The van der Waals surface area contributed by atoms with E-state index in [-0.39, 0.29) is 17.2 Å². The second kappa shape index (κ2) is 5.99. The highest BCUT2D eigenvalue weighted by Crippen LogP contribution is 2.26. The molecule has 1 aromatic carbocycles. The molecule has 5 heteroatoms. The largest absolute Gasteiger partial charge is 0.484 e. The number of benzene rings is 1. The summed E-state index contributed by atoms with van der Waals surface area (Å²) in [6.45, 7) is 1.83. The van der Waals surface area contributed by atoms with Crippen molar-refractivity contribution in [3.8, 4) is 5.75 Å². The van der Waals surface area contributed by atoms with Crippen molar-refractivity contribution in [3.63, 3.8) is 0 Å². The van der Waals surface area contributed by atoms with Crippen molar-refractivity contribution in [1.29, 1.82) is 0 Å². The molecule has 0 spiro atoms. The van der Waals surface area contributed by atoms with Gasteiger partial charge in [0.15, 0.2) is 0 Å². The van der Waals surface area contributed by atoms with Crippen LogP contribution in [0.15, 0.2) is 42.7 Å². The van der Waals surface area contributed by atoms with Gasteiger partial charge in [-0.3, -0.25) is 4.98 Å². The van der Waals surface area contributed by atoms with Crippen LogP contribution in [0, 0.1) is 5.82 Å². The fourth-order valence-electron chi connectivity index (χ4n) is 1.73. The third-order valence-electron chi connectivity index (χ3n) is 2.67. The first-order valence-electron chi connectivity index (χ1n) is 5.85. The minimum absolute atomic E-state index is 0.0635. The molecule has 1 heterocycles. The molecule has 0 saturated carbocycles. The number of rotatable bonds is 4. The van der Waals surface area contributed by atoms with E-state index in [0.29, 0.717) is 5.75 Å². The van der Waals surface area contributed by atoms with Crippen molar-refractivity contribution in [2.75, 3.05) is 0 Å². The third kappa shape index (κ3) is 3.43. The Morgan fingerprint density at radius 3 is 2.53 bits per heavy atom. The number of pyridine rings is 1. The zero-order valence-corrected chi connectivity index (χ0v) is 11.1. The normalized spacial score (nSPS) is 13.9. The fourth-order valence-corrected chi connectivity index (χ4v) is 1.85. The van der Waals surface area contributed by atoms with Crippen LogP contribution in [0.3, 0.4) is 0 Å². The molecule has 0 bridgehead atoms. The Hall–Kier alpha value is -1.65. The molecule has 0 aliphatic rings. The van der Waals surface area contributed by atoms with Crippen LogP contribution in [0.25, 0.3) is 0 Å². The topological polar surface area (TPSA) is 48.1 Å². The molecule has 2 rings (SSSR count). The van der Waals surface area contributed by atoms with Gasteiger partial charge < -0.3 is 10.5 Å². The van der Waals surface area contributed by atoms with Crippen molar-refractivity contribution < 1.29 is 9.13 Å². The molecule has 19 heavy (non-hydrogen) atoms. The van der Waals surface area contributed by atoms with E-state index in [1.807, 2.05) is 19.1 Å². The maximum atomic E-state index is 13.4. The van der Waals surface area contributed by atoms with Gasteiger partial charge in [0, 0.05) is 24.5 Å². The van der Waals surface area contributed by atoms with Gasteiger partial charge >= 0.3 is 0 Å². The van der Waals surface area contributed by atoms with Crippen LogP contribution < -0.4 is 10.5 Å². The Bertz CT molecular complexity index is 548. The predicted molar refractivity (Wildman–Crippen MR) is 72.7 cm³/mol. The van der Waals surface area contributed by atoms with Crippen molar-refractivity contribution in [2.45, 2.75) is 19.1 Å². The highest BCUT2D eigenvalue weighted by atomic mass is 35.5. The van der Waals surface area contributed by atoms with Gasteiger partial charge in [-0.25, -0.2) is 4.39 Å². The monoisotopic (exact) mass is 280 g/mol. The Labute approximate surface area is 116 Å². The van der Waals surface area contributed by atoms with Crippen molar-refractivity contribution in [3.05, 3.63) is 59.1 Å². The number of aromatic nitrogens is 1. The van der Waals surface area contributed by atoms with E-state index in [2.05, 4.69) is 4.98 Å². The second-order valence-electron chi connectivity index (χ2n) is 4.25. The van der Waals surface area contributed by atoms with Gasteiger partial charge in [-0.15, -0.1) is 0 Å². The first-order chi connectivity index (χ1) is 9.08. The van der Waals surface area contributed by atoms with Crippen LogP contribution in [0.5, 0.6) is 5.75 Å². The number of halogens is 2. The van der Waals surface area contributed by atoms with Crippen LogP contribution in [-0.2, 0) is 0 Å².